The molecule has 2 unspecified atom stereocenters. The molecule has 84 valence electrons. The molecule has 0 aliphatic carbocycles. The number of hydrogen-bond donors (Lipinski definition) is 3. The molecule has 0 bridgehead atoms. The first kappa shape index (κ1) is 12.3. The van der Waals surface area contributed by atoms with Crippen molar-refractivity contribution in [2.45, 2.75) is 25.9 Å². The van der Waals surface area contributed by atoms with Gasteiger partial charge in [-0.25, -0.2) is 0 Å². The first-order valence-electron chi connectivity index (χ1n) is 4.53. The average molecular weight is 248 g/mol. The van der Waals surface area contributed by atoms with Crippen LogP contribution in [0, 0.1) is 0 Å². The third-order valence-electron chi connectivity index (χ3n) is 2.08. The van der Waals surface area contributed by atoms with Crippen molar-refractivity contribution < 1.29 is 5.21 Å². The zero-order chi connectivity index (χ0) is 11.4. The maximum absolute atomic E-state index is 8.50. The molecule has 1 aromatic rings. The highest BCUT2D eigenvalue weighted by Gasteiger charge is 2.13. The molecule has 15 heavy (non-hydrogen) atoms. The monoisotopic (exact) mass is 247 g/mol. The number of halogens is 1. The SMILES string of the molecule is CC(NC(C)c1ccc(Cl)s1)C(N)=NO. The second-order valence-corrected chi connectivity index (χ2v) is 5.02. The van der Waals surface area contributed by atoms with Crippen LogP contribution < -0.4 is 11.1 Å². The third-order valence-corrected chi connectivity index (χ3v) is 3.49. The maximum atomic E-state index is 8.50. The number of nitrogens with one attached hydrogen (secondary N) is 1. The van der Waals surface area contributed by atoms with Crippen LogP contribution in [0.2, 0.25) is 4.34 Å². The van der Waals surface area contributed by atoms with Crippen LogP contribution in [-0.4, -0.2) is 17.1 Å². The molecule has 0 spiro atoms. The second-order valence-electron chi connectivity index (χ2n) is 3.28. The van der Waals surface area contributed by atoms with Crippen LogP contribution in [0.3, 0.4) is 0 Å². The van der Waals surface area contributed by atoms with E-state index in [0.717, 1.165) is 9.21 Å². The lowest BCUT2D eigenvalue weighted by molar-refractivity contribution is 0.314. The van der Waals surface area contributed by atoms with E-state index in [-0.39, 0.29) is 17.9 Å². The molecule has 6 heteroatoms. The van der Waals surface area contributed by atoms with Crippen LogP contribution in [-0.2, 0) is 0 Å². The Morgan fingerprint density at radius 2 is 2.27 bits per heavy atom. The van der Waals surface area contributed by atoms with Crippen molar-refractivity contribution in [1.82, 2.24) is 5.32 Å². The Bertz CT molecular complexity index is 353. The van der Waals surface area contributed by atoms with Gasteiger partial charge in [0, 0.05) is 10.9 Å². The first-order chi connectivity index (χ1) is 7.04. The molecule has 0 amide bonds. The minimum atomic E-state index is -0.175. The summed E-state index contributed by atoms with van der Waals surface area (Å²) in [6.45, 7) is 3.84. The van der Waals surface area contributed by atoms with E-state index in [0.29, 0.717) is 0 Å². The fourth-order valence-corrected chi connectivity index (χ4v) is 2.26. The van der Waals surface area contributed by atoms with E-state index in [4.69, 9.17) is 22.5 Å². The molecule has 2 atom stereocenters. The summed E-state index contributed by atoms with van der Waals surface area (Å²) in [6, 6.07) is 3.76. The lowest BCUT2D eigenvalue weighted by Crippen LogP contribution is -2.40. The molecule has 1 heterocycles. The predicted octanol–water partition coefficient (Wildman–Crippen LogP) is 2.19. The molecular weight excluding hydrogens is 234 g/mol. The van der Waals surface area contributed by atoms with Crippen molar-refractivity contribution in [2.24, 2.45) is 10.9 Å². The fourth-order valence-electron chi connectivity index (χ4n) is 1.19. The van der Waals surface area contributed by atoms with Crippen molar-refractivity contribution in [2.75, 3.05) is 0 Å². The molecule has 4 nitrogen and oxygen atoms in total. The van der Waals surface area contributed by atoms with E-state index in [1.165, 1.54) is 11.3 Å². The smallest absolute Gasteiger partial charge is 0.156 e. The lowest BCUT2D eigenvalue weighted by Gasteiger charge is -2.17. The number of thiophene rings is 1. The summed E-state index contributed by atoms with van der Waals surface area (Å²) >= 11 is 7.35. The molecule has 0 radical (unpaired) electrons. The van der Waals surface area contributed by atoms with Crippen LogP contribution in [0.25, 0.3) is 0 Å². The zero-order valence-electron chi connectivity index (χ0n) is 8.57. The van der Waals surface area contributed by atoms with E-state index in [1.54, 1.807) is 0 Å². The molecule has 0 saturated heterocycles. The molecular formula is C9H14ClN3OS. The minimum Gasteiger partial charge on any atom is -0.409 e. The predicted molar refractivity (Wildman–Crippen MR) is 63.8 cm³/mol. The van der Waals surface area contributed by atoms with Gasteiger partial charge in [-0.05, 0) is 26.0 Å². The van der Waals surface area contributed by atoms with Gasteiger partial charge in [0.1, 0.15) is 0 Å². The molecule has 4 N–H and O–H groups in total. The van der Waals surface area contributed by atoms with Gasteiger partial charge < -0.3 is 16.3 Å². The Morgan fingerprint density at radius 3 is 2.73 bits per heavy atom. The number of hydrogen-bond acceptors (Lipinski definition) is 4. The molecule has 0 aliphatic rings. The Labute approximate surface area is 97.7 Å². The third kappa shape index (κ3) is 3.37. The van der Waals surface area contributed by atoms with Crippen LogP contribution in [0.4, 0.5) is 0 Å². The molecule has 0 aromatic carbocycles. The second kappa shape index (κ2) is 5.34. The van der Waals surface area contributed by atoms with Crippen LogP contribution in [0.1, 0.15) is 24.8 Å². The summed E-state index contributed by atoms with van der Waals surface area (Å²) in [5.74, 6) is 0.171. The van der Waals surface area contributed by atoms with Gasteiger partial charge in [-0.2, -0.15) is 0 Å². The van der Waals surface area contributed by atoms with Gasteiger partial charge in [0.2, 0.25) is 0 Å². The Balaban J connectivity index is 2.59. The van der Waals surface area contributed by atoms with Crippen molar-refractivity contribution in [3.05, 3.63) is 21.3 Å². The number of nitrogens with two attached hydrogens (primary N) is 1. The highest BCUT2D eigenvalue weighted by atomic mass is 35.5. The molecule has 1 rings (SSSR count). The van der Waals surface area contributed by atoms with Crippen molar-refractivity contribution in [3.8, 4) is 0 Å². The normalized spacial score (nSPS) is 16.3. The summed E-state index contributed by atoms with van der Waals surface area (Å²) in [4.78, 5) is 1.12. The Morgan fingerprint density at radius 1 is 1.60 bits per heavy atom. The lowest BCUT2D eigenvalue weighted by atomic mass is 10.2. The van der Waals surface area contributed by atoms with Crippen LogP contribution in [0.15, 0.2) is 17.3 Å². The van der Waals surface area contributed by atoms with Gasteiger partial charge in [0.25, 0.3) is 0 Å². The Hall–Kier alpha value is -0.780. The quantitative estimate of drug-likeness (QED) is 0.331. The van der Waals surface area contributed by atoms with E-state index in [9.17, 15) is 0 Å². The van der Waals surface area contributed by atoms with Crippen LogP contribution >= 0.6 is 22.9 Å². The maximum Gasteiger partial charge on any atom is 0.156 e. The van der Waals surface area contributed by atoms with Gasteiger partial charge in [-0.1, -0.05) is 16.8 Å². The van der Waals surface area contributed by atoms with Crippen molar-refractivity contribution >= 4 is 28.8 Å². The summed E-state index contributed by atoms with van der Waals surface area (Å²) < 4.78 is 0.759. The number of amidine groups is 1. The van der Waals surface area contributed by atoms with E-state index in [1.807, 2.05) is 26.0 Å². The summed E-state index contributed by atoms with van der Waals surface area (Å²) in [7, 11) is 0. The fraction of sp³-hybridized carbons (Fsp3) is 0.444. The largest absolute Gasteiger partial charge is 0.409 e. The van der Waals surface area contributed by atoms with Gasteiger partial charge in [-0.15, -0.1) is 11.3 Å². The zero-order valence-corrected chi connectivity index (χ0v) is 10.1. The number of nitrogens with zero attached hydrogens (tertiary/aromatic N) is 1. The van der Waals surface area contributed by atoms with E-state index < -0.39 is 0 Å². The minimum absolute atomic E-state index is 0.123. The van der Waals surface area contributed by atoms with Gasteiger partial charge in [-0.3, -0.25) is 0 Å². The molecule has 0 fully saturated rings. The standard InChI is InChI=1S/C9H14ClN3OS/c1-5(7-3-4-8(10)15-7)12-6(2)9(11)13-14/h3-6,12,14H,1-2H3,(H2,11,13). The van der Waals surface area contributed by atoms with E-state index in [2.05, 4.69) is 10.5 Å². The highest BCUT2D eigenvalue weighted by Crippen LogP contribution is 2.26. The number of oxime groups is 1. The van der Waals surface area contributed by atoms with Gasteiger partial charge in [0.05, 0.1) is 10.4 Å². The summed E-state index contributed by atoms with van der Waals surface area (Å²) in [5, 5.41) is 14.6. The molecule has 0 aliphatic heterocycles. The highest BCUT2D eigenvalue weighted by molar-refractivity contribution is 7.16. The molecule has 1 aromatic heterocycles. The van der Waals surface area contributed by atoms with Gasteiger partial charge >= 0.3 is 0 Å². The first-order valence-corrected chi connectivity index (χ1v) is 5.72. The summed E-state index contributed by atoms with van der Waals surface area (Å²) in [6.07, 6.45) is 0. The van der Waals surface area contributed by atoms with E-state index >= 15 is 0 Å². The number of rotatable bonds is 4. The van der Waals surface area contributed by atoms with Gasteiger partial charge in [0.15, 0.2) is 5.84 Å². The van der Waals surface area contributed by atoms with Crippen molar-refractivity contribution in [3.63, 3.8) is 0 Å². The average Bonchev–Trinajstić information content (AvgIpc) is 2.63. The Kier molecular flexibility index (Phi) is 4.38. The topological polar surface area (TPSA) is 70.6 Å². The molecule has 0 saturated carbocycles. The summed E-state index contributed by atoms with van der Waals surface area (Å²) in [5.41, 5.74) is 5.46. The van der Waals surface area contributed by atoms with Crippen molar-refractivity contribution in [1.29, 1.82) is 0 Å². The van der Waals surface area contributed by atoms with Crippen LogP contribution in [0.5, 0.6) is 0 Å².